The SMILES string of the molecule is O=CN(OS(=O)(=O)c1ccc(Oc2ccc(S(=O)(=O)On3c(O)c4cc5c(cc4c3O)C(=O)[N+](=O)OC5)cc2)cc1)C(=O)c1ccc2c(c1)C(=O)N(O)C2=O. The van der Waals surface area contributed by atoms with E-state index in [4.69, 9.17) is 9.02 Å². The van der Waals surface area contributed by atoms with E-state index >= 15 is 0 Å². The molecule has 0 atom stereocenters. The monoisotopic (exact) mass is 795 g/mol. The zero-order chi connectivity index (χ0) is 39.6. The van der Waals surface area contributed by atoms with Gasteiger partial charge in [-0.25, -0.2) is 9.63 Å². The van der Waals surface area contributed by atoms with Gasteiger partial charge in [0.15, 0.2) is 6.61 Å². The molecule has 0 saturated carbocycles. The highest BCUT2D eigenvalue weighted by atomic mass is 32.2. The highest BCUT2D eigenvalue weighted by molar-refractivity contribution is 7.87. The van der Waals surface area contributed by atoms with Gasteiger partial charge >= 0.3 is 31.1 Å². The summed E-state index contributed by atoms with van der Waals surface area (Å²) in [5.41, 5.74) is -0.976. The smallest absolute Gasteiger partial charge is 0.492 e. The van der Waals surface area contributed by atoms with Crippen LogP contribution in [0.2, 0.25) is 0 Å². The second-order valence-electron chi connectivity index (χ2n) is 11.4. The van der Waals surface area contributed by atoms with E-state index in [2.05, 4.69) is 9.12 Å². The summed E-state index contributed by atoms with van der Waals surface area (Å²) in [5.74, 6) is -6.25. The number of hydrogen-bond donors (Lipinski definition) is 3. The average molecular weight is 796 g/mol. The number of carbonyl (C=O) groups excluding carboxylic acids is 5. The van der Waals surface area contributed by atoms with Crippen molar-refractivity contribution in [2.24, 2.45) is 0 Å². The third-order valence-corrected chi connectivity index (χ3v) is 10.5. The number of imide groups is 2. The lowest BCUT2D eigenvalue weighted by Crippen LogP contribution is -2.32. The maximum atomic E-state index is 13.1. The van der Waals surface area contributed by atoms with Crippen LogP contribution in [0.25, 0.3) is 10.8 Å². The number of fused-ring (bicyclic) bond motifs is 3. The Hall–Kier alpha value is -7.21. The Morgan fingerprint density at radius 3 is 1.95 bits per heavy atom. The third kappa shape index (κ3) is 6.23. The molecule has 2 aliphatic rings. The molecule has 5 amide bonds. The van der Waals surface area contributed by atoms with Crippen LogP contribution in [0.4, 0.5) is 0 Å². The first-order valence-electron chi connectivity index (χ1n) is 15.0. The first-order valence-corrected chi connectivity index (χ1v) is 17.8. The fourth-order valence-corrected chi connectivity index (χ4v) is 7.13. The number of nitrogens with zero attached hydrogens (tertiary/aromatic N) is 4. The maximum absolute atomic E-state index is 13.1. The summed E-state index contributed by atoms with van der Waals surface area (Å²) in [4.78, 5) is 75.5. The van der Waals surface area contributed by atoms with E-state index in [1.807, 2.05) is 0 Å². The maximum Gasteiger partial charge on any atom is 0.522 e. The molecule has 0 unspecified atom stereocenters. The molecule has 0 bridgehead atoms. The molecule has 0 fully saturated rings. The van der Waals surface area contributed by atoms with Crippen LogP contribution in [0.3, 0.4) is 0 Å². The fraction of sp³-hybridized carbons (Fsp3) is 0.0312. The number of rotatable bonds is 10. The number of hydroxylamine groups is 4. The number of aromatic hydroxyl groups is 2. The van der Waals surface area contributed by atoms with Gasteiger partial charge in [0, 0.05) is 11.1 Å². The Kier molecular flexibility index (Phi) is 8.56. The largest absolute Gasteiger partial charge is 0.522 e. The van der Waals surface area contributed by atoms with E-state index in [1.54, 1.807) is 0 Å². The van der Waals surface area contributed by atoms with Crippen molar-refractivity contribution >= 4 is 61.0 Å². The van der Waals surface area contributed by atoms with Crippen molar-refractivity contribution in [3.05, 3.63) is 112 Å². The van der Waals surface area contributed by atoms with Gasteiger partial charge in [0.1, 0.15) is 22.0 Å². The van der Waals surface area contributed by atoms with Crippen LogP contribution < -0.4 is 9.02 Å². The Balaban J connectivity index is 1.02. The normalized spacial score (nSPS) is 14.0. The molecule has 7 rings (SSSR count). The molecule has 21 nitrogen and oxygen atoms in total. The molecule has 3 N–H and O–H groups in total. The van der Waals surface area contributed by atoms with Crippen molar-refractivity contribution in [2.45, 2.75) is 16.4 Å². The molecule has 23 heteroatoms. The number of ether oxygens (including phenoxy) is 1. The van der Waals surface area contributed by atoms with Gasteiger partial charge in [-0.1, -0.05) is 4.73 Å². The number of amides is 5. The zero-order valence-corrected chi connectivity index (χ0v) is 28.6. The minimum Gasteiger partial charge on any atom is -0.492 e. The minimum absolute atomic E-state index is 0.0324. The van der Waals surface area contributed by atoms with Crippen molar-refractivity contribution in [2.75, 3.05) is 0 Å². The number of benzene rings is 4. The highest BCUT2D eigenvalue weighted by Gasteiger charge is 2.38. The summed E-state index contributed by atoms with van der Waals surface area (Å²) in [7, 11) is -9.57. The Bertz CT molecular complexity index is 2760. The van der Waals surface area contributed by atoms with Crippen LogP contribution in [0.15, 0.2) is 88.7 Å². The lowest BCUT2D eigenvalue weighted by Gasteiger charge is -2.15. The summed E-state index contributed by atoms with van der Waals surface area (Å²) >= 11 is 0. The number of carbonyl (C=O) groups is 5. The van der Waals surface area contributed by atoms with Crippen LogP contribution in [0.5, 0.6) is 23.3 Å². The molecule has 5 aromatic rings. The van der Waals surface area contributed by atoms with Crippen LogP contribution in [-0.2, 0) is 40.8 Å². The fourth-order valence-electron chi connectivity index (χ4n) is 5.37. The van der Waals surface area contributed by atoms with Gasteiger partial charge in [-0.2, -0.15) is 16.8 Å². The lowest BCUT2D eigenvalue weighted by molar-refractivity contribution is -0.739. The molecule has 0 aliphatic carbocycles. The lowest BCUT2D eigenvalue weighted by atomic mass is 10.0. The van der Waals surface area contributed by atoms with E-state index in [9.17, 15) is 61.1 Å². The predicted octanol–water partition coefficient (Wildman–Crippen LogP) is 1.93. The highest BCUT2D eigenvalue weighted by Crippen LogP contribution is 2.39. The quantitative estimate of drug-likeness (QED) is 0.0788. The molecule has 2 aliphatic heterocycles. The first kappa shape index (κ1) is 36.2. The van der Waals surface area contributed by atoms with E-state index in [1.165, 1.54) is 18.2 Å². The van der Waals surface area contributed by atoms with Crippen molar-refractivity contribution in [3.63, 3.8) is 0 Å². The van der Waals surface area contributed by atoms with Crippen molar-refractivity contribution < 1.29 is 79.3 Å². The van der Waals surface area contributed by atoms with Gasteiger partial charge in [-0.15, -0.1) is 14.4 Å². The molecule has 1 aromatic heterocycles. The molecule has 280 valence electrons. The standard InChI is InChI=1S/C32H18N4O17S2/c37-15-33(27(38)16-1-10-22-24(11-16)29(40)34(44)28(22)39)52-54(46,47)20-6-2-18(3-7-20)51-19-4-8-21(9-5-19)55(48,49)53-35-30(41)25-12-17-14-50-36(45)32(43)23(17)13-26(25)31(35)42/h1-13,15H,14H2,(H2-,38,39,40,41,42,43,44,45)/p+1. The van der Waals surface area contributed by atoms with Crippen molar-refractivity contribution in [1.29, 1.82) is 0 Å². The summed E-state index contributed by atoms with van der Waals surface area (Å²) in [6, 6.07) is 14.0. The molecule has 4 aromatic carbocycles. The molecule has 3 heterocycles. The molecular formula is C32H19N4O17S2+. The van der Waals surface area contributed by atoms with E-state index < -0.39 is 71.0 Å². The topological polar surface area (TPSA) is 283 Å². The summed E-state index contributed by atoms with van der Waals surface area (Å²) in [6.07, 6.45) is -0.245. The van der Waals surface area contributed by atoms with E-state index in [0.29, 0.717) is 0 Å². The zero-order valence-electron chi connectivity index (χ0n) is 27.0. The second-order valence-corrected chi connectivity index (χ2v) is 14.4. The van der Waals surface area contributed by atoms with Crippen molar-refractivity contribution in [1.82, 2.24) is 14.9 Å². The second kappa shape index (κ2) is 13.0. The Morgan fingerprint density at radius 2 is 1.35 bits per heavy atom. The summed E-state index contributed by atoms with van der Waals surface area (Å²) in [6.45, 7) is -0.333. The molecule has 55 heavy (non-hydrogen) atoms. The Labute approximate surface area is 305 Å². The van der Waals surface area contributed by atoms with Gasteiger partial charge in [0.05, 0.1) is 31.7 Å². The van der Waals surface area contributed by atoms with Gasteiger partial charge in [-0.05, 0) is 78.9 Å². The van der Waals surface area contributed by atoms with E-state index in [-0.39, 0.29) is 77.3 Å². The molecule has 0 saturated heterocycles. The molecule has 0 radical (unpaired) electrons. The van der Waals surface area contributed by atoms with Gasteiger partial charge < -0.3 is 14.9 Å². The van der Waals surface area contributed by atoms with Gasteiger partial charge in [0.2, 0.25) is 18.2 Å². The van der Waals surface area contributed by atoms with Crippen LogP contribution in [0, 0.1) is 4.91 Å². The van der Waals surface area contributed by atoms with Gasteiger partial charge in [0.25, 0.3) is 17.7 Å². The van der Waals surface area contributed by atoms with Crippen LogP contribution in [0.1, 0.15) is 47.0 Å². The first-order chi connectivity index (χ1) is 26.0. The molecular weight excluding hydrogens is 776 g/mol. The number of hydrogen-bond acceptors (Lipinski definition) is 17. The third-order valence-electron chi connectivity index (χ3n) is 8.06. The predicted molar refractivity (Wildman–Crippen MR) is 174 cm³/mol. The van der Waals surface area contributed by atoms with Gasteiger partial charge in [-0.3, -0.25) is 28.7 Å². The number of aromatic nitrogens is 1. The van der Waals surface area contributed by atoms with Crippen LogP contribution >= 0.6 is 0 Å². The molecule has 0 spiro atoms. The van der Waals surface area contributed by atoms with E-state index in [0.717, 1.165) is 60.7 Å². The Morgan fingerprint density at radius 1 is 0.782 bits per heavy atom. The van der Waals surface area contributed by atoms with Crippen molar-refractivity contribution in [3.8, 4) is 23.3 Å². The van der Waals surface area contributed by atoms with Crippen LogP contribution in [-0.4, -0.2) is 82.1 Å². The summed E-state index contributed by atoms with van der Waals surface area (Å²) in [5, 5.41) is 30.2. The summed E-state index contributed by atoms with van der Waals surface area (Å²) < 4.78 is 67.4. The average Bonchev–Trinajstić information content (AvgIpc) is 3.53. The minimum atomic E-state index is -4.83.